The SMILES string of the molecule is CCN(CC)C(=O)C(C)OC1(CN)CCCCC1. The Morgan fingerprint density at radius 3 is 2.28 bits per heavy atom. The molecule has 4 nitrogen and oxygen atoms in total. The van der Waals surface area contributed by atoms with Gasteiger partial charge >= 0.3 is 0 Å². The van der Waals surface area contributed by atoms with Crippen molar-refractivity contribution in [3.05, 3.63) is 0 Å². The summed E-state index contributed by atoms with van der Waals surface area (Å²) in [7, 11) is 0. The van der Waals surface area contributed by atoms with E-state index in [0.717, 1.165) is 38.8 Å². The van der Waals surface area contributed by atoms with Gasteiger partial charge in [0.15, 0.2) is 0 Å². The summed E-state index contributed by atoms with van der Waals surface area (Å²) in [6.45, 7) is 7.83. The largest absolute Gasteiger partial charge is 0.361 e. The van der Waals surface area contributed by atoms with E-state index in [1.807, 2.05) is 25.7 Å². The van der Waals surface area contributed by atoms with Gasteiger partial charge in [0.25, 0.3) is 5.91 Å². The molecule has 0 radical (unpaired) electrons. The van der Waals surface area contributed by atoms with Crippen molar-refractivity contribution in [1.29, 1.82) is 0 Å². The molecular weight excluding hydrogens is 228 g/mol. The van der Waals surface area contributed by atoms with Gasteiger partial charge in [0.1, 0.15) is 6.10 Å². The first-order valence-electron chi connectivity index (χ1n) is 7.25. The summed E-state index contributed by atoms with van der Waals surface area (Å²) >= 11 is 0. The van der Waals surface area contributed by atoms with Crippen molar-refractivity contribution >= 4 is 5.91 Å². The fourth-order valence-electron chi connectivity index (χ4n) is 2.78. The first-order valence-corrected chi connectivity index (χ1v) is 7.25. The molecule has 106 valence electrons. The fraction of sp³-hybridized carbons (Fsp3) is 0.929. The van der Waals surface area contributed by atoms with Crippen molar-refractivity contribution < 1.29 is 9.53 Å². The van der Waals surface area contributed by atoms with Crippen LogP contribution in [-0.2, 0) is 9.53 Å². The first-order chi connectivity index (χ1) is 8.58. The Balaban J connectivity index is 2.60. The second-order valence-electron chi connectivity index (χ2n) is 5.22. The summed E-state index contributed by atoms with van der Waals surface area (Å²) in [5.74, 6) is 0.0819. The molecule has 0 aromatic rings. The van der Waals surface area contributed by atoms with Crippen molar-refractivity contribution in [2.24, 2.45) is 5.73 Å². The van der Waals surface area contributed by atoms with Crippen molar-refractivity contribution in [2.75, 3.05) is 19.6 Å². The van der Waals surface area contributed by atoms with Crippen LogP contribution in [0.25, 0.3) is 0 Å². The minimum absolute atomic E-state index is 0.0819. The zero-order valence-corrected chi connectivity index (χ0v) is 12.1. The Labute approximate surface area is 111 Å². The molecule has 0 heterocycles. The fourth-order valence-corrected chi connectivity index (χ4v) is 2.78. The molecule has 0 aromatic carbocycles. The molecule has 1 amide bonds. The lowest BCUT2D eigenvalue weighted by atomic mass is 9.84. The molecule has 18 heavy (non-hydrogen) atoms. The molecule has 0 aromatic heterocycles. The van der Waals surface area contributed by atoms with Crippen LogP contribution in [-0.4, -0.2) is 42.1 Å². The van der Waals surface area contributed by atoms with Crippen LogP contribution in [0.3, 0.4) is 0 Å². The third-order valence-corrected chi connectivity index (χ3v) is 3.99. The highest BCUT2D eigenvalue weighted by Crippen LogP contribution is 2.32. The number of hydrogen-bond acceptors (Lipinski definition) is 3. The highest BCUT2D eigenvalue weighted by atomic mass is 16.5. The van der Waals surface area contributed by atoms with Gasteiger partial charge in [0, 0.05) is 19.6 Å². The van der Waals surface area contributed by atoms with Gasteiger partial charge < -0.3 is 15.4 Å². The molecule has 0 saturated heterocycles. The van der Waals surface area contributed by atoms with Crippen molar-refractivity contribution in [3.8, 4) is 0 Å². The number of likely N-dealkylation sites (N-methyl/N-ethyl adjacent to an activating group) is 1. The van der Waals surface area contributed by atoms with Crippen LogP contribution in [0.1, 0.15) is 52.9 Å². The van der Waals surface area contributed by atoms with Crippen LogP contribution in [0.2, 0.25) is 0 Å². The van der Waals surface area contributed by atoms with E-state index in [1.54, 1.807) is 0 Å². The minimum atomic E-state index is -0.383. The van der Waals surface area contributed by atoms with Gasteiger partial charge in [-0.15, -0.1) is 0 Å². The van der Waals surface area contributed by atoms with Gasteiger partial charge in [-0.05, 0) is 33.6 Å². The number of nitrogens with zero attached hydrogens (tertiary/aromatic N) is 1. The standard InChI is InChI=1S/C14H28N2O2/c1-4-16(5-2)13(17)12(3)18-14(11-15)9-7-6-8-10-14/h12H,4-11,15H2,1-3H3. The molecule has 4 heteroatoms. The smallest absolute Gasteiger partial charge is 0.251 e. The summed E-state index contributed by atoms with van der Waals surface area (Å²) in [4.78, 5) is 14.0. The molecule has 1 fully saturated rings. The monoisotopic (exact) mass is 256 g/mol. The van der Waals surface area contributed by atoms with E-state index in [9.17, 15) is 4.79 Å². The highest BCUT2D eigenvalue weighted by molar-refractivity contribution is 5.80. The number of carbonyl (C=O) groups is 1. The number of amides is 1. The molecule has 1 rings (SSSR count). The molecule has 1 aliphatic carbocycles. The Hall–Kier alpha value is -0.610. The quantitative estimate of drug-likeness (QED) is 0.790. The van der Waals surface area contributed by atoms with Gasteiger partial charge in [0.05, 0.1) is 5.60 Å². The third kappa shape index (κ3) is 3.69. The Morgan fingerprint density at radius 1 is 1.28 bits per heavy atom. The molecule has 2 N–H and O–H groups in total. The lowest BCUT2D eigenvalue weighted by Crippen LogP contribution is -2.49. The van der Waals surface area contributed by atoms with E-state index >= 15 is 0 Å². The number of nitrogens with two attached hydrogens (primary N) is 1. The van der Waals surface area contributed by atoms with E-state index < -0.39 is 0 Å². The van der Waals surface area contributed by atoms with Gasteiger partial charge in [-0.25, -0.2) is 0 Å². The summed E-state index contributed by atoms with van der Waals surface area (Å²) in [6, 6.07) is 0. The first kappa shape index (κ1) is 15.4. The zero-order chi connectivity index (χ0) is 13.6. The molecule has 1 aliphatic rings. The lowest BCUT2D eigenvalue weighted by Gasteiger charge is -2.39. The molecular formula is C14H28N2O2. The van der Waals surface area contributed by atoms with Crippen LogP contribution in [0.5, 0.6) is 0 Å². The zero-order valence-electron chi connectivity index (χ0n) is 12.1. The number of carbonyl (C=O) groups excluding carboxylic acids is 1. The molecule has 1 saturated carbocycles. The molecule has 0 bridgehead atoms. The second kappa shape index (κ2) is 7.10. The van der Waals surface area contributed by atoms with E-state index in [0.29, 0.717) is 6.54 Å². The van der Waals surface area contributed by atoms with Gasteiger partial charge in [-0.3, -0.25) is 4.79 Å². The summed E-state index contributed by atoms with van der Waals surface area (Å²) in [5, 5.41) is 0. The summed E-state index contributed by atoms with van der Waals surface area (Å²) in [5.41, 5.74) is 5.61. The van der Waals surface area contributed by atoms with Crippen LogP contribution in [0.15, 0.2) is 0 Å². The van der Waals surface area contributed by atoms with Gasteiger partial charge in [-0.2, -0.15) is 0 Å². The van der Waals surface area contributed by atoms with E-state index in [2.05, 4.69) is 0 Å². The highest BCUT2D eigenvalue weighted by Gasteiger charge is 2.35. The normalized spacial score (nSPS) is 20.4. The van der Waals surface area contributed by atoms with Crippen LogP contribution >= 0.6 is 0 Å². The average molecular weight is 256 g/mol. The van der Waals surface area contributed by atoms with Gasteiger partial charge in [0.2, 0.25) is 0 Å². The van der Waals surface area contributed by atoms with Crippen molar-refractivity contribution in [1.82, 2.24) is 4.90 Å². The third-order valence-electron chi connectivity index (χ3n) is 3.99. The minimum Gasteiger partial charge on any atom is -0.361 e. The molecule has 1 atom stereocenters. The van der Waals surface area contributed by atoms with Crippen molar-refractivity contribution in [3.63, 3.8) is 0 Å². The van der Waals surface area contributed by atoms with E-state index in [4.69, 9.17) is 10.5 Å². The average Bonchev–Trinajstić information content (AvgIpc) is 2.41. The number of hydrogen-bond donors (Lipinski definition) is 1. The molecule has 1 unspecified atom stereocenters. The summed E-state index contributed by atoms with van der Waals surface area (Å²) in [6.07, 6.45) is 5.15. The predicted molar refractivity (Wildman–Crippen MR) is 73.3 cm³/mol. The topological polar surface area (TPSA) is 55.6 Å². The number of rotatable bonds is 6. The maximum atomic E-state index is 12.2. The molecule has 0 spiro atoms. The molecule has 0 aliphatic heterocycles. The Morgan fingerprint density at radius 2 is 1.83 bits per heavy atom. The van der Waals surface area contributed by atoms with Gasteiger partial charge in [-0.1, -0.05) is 19.3 Å². The maximum absolute atomic E-state index is 12.2. The van der Waals surface area contributed by atoms with Crippen molar-refractivity contribution in [2.45, 2.75) is 64.6 Å². The van der Waals surface area contributed by atoms with Crippen LogP contribution in [0.4, 0.5) is 0 Å². The predicted octanol–water partition coefficient (Wildman–Crippen LogP) is 1.92. The van der Waals surface area contributed by atoms with E-state index in [-0.39, 0.29) is 17.6 Å². The Kier molecular flexibility index (Phi) is 6.09. The Bertz CT molecular complexity index is 259. The van der Waals surface area contributed by atoms with E-state index in [1.165, 1.54) is 6.42 Å². The van der Waals surface area contributed by atoms with Crippen LogP contribution < -0.4 is 5.73 Å². The van der Waals surface area contributed by atoms with Crippen LogP contribution in [0, 0.1) is 0 Å². The second-order valence-corrected chi connectivity index (χ2v) is 5.22. The lowest BCUT2D eigenvalue weighted by molar-refractivity contribution is -0.158. The maximum Gasteiger partial charge on any atom is 0.251 e. The number of ether oxygens (including phenoxy) is 1. The summed E-state index contributed by atoms with van der Waals surface area (Å²) < 4.78 is 6.06.